The summed E-state index contributed by atoms with van der Waals surface area (Å²) in [5.74, 6) is 0.0964. The van der Waals surface area contributed by atoms with Gasteiger partial charge in [0.15, 0.2) is 5.11 Å². The van der Waals surface area contributed by atoms with Gasteiger partial charge in [0, 0.05) is 24.8 Å². The number of hydrogen-bond donors (Lipinski definition) is 3. The topological polar surface area (TPSA) is 115 Å². The molecule has 0 fully saturated rings. The maximum atomic E-state index is 12.1. The highest BCUT2D eigenvalue weighted by molar-refractivity contribution is 7.80. The lowest BCUT2D eigenvalue weighted by molar-refractivity contribution is -0.384. The second-order valence-corrected chi connectivity index (χ2v) is 5.58. The number of carbonyl (C=O) groups is 1. The fraction of sp³-hybridized carbons (Fsp3) is 0.176. The number of methoxy groups -OCH3 is 1. The lowest BCUT2D eigenvalue weighted by atomic mass is 10.2. The lowest BCUT2D eigenvalue weighted by Gasteiger charge is -2.15. The minimum atomic E-state index is -0.537. The smallest absolute Gasteiger partial charge is 0.269 e. The van der Waals surface area contributed by atoms with Gasteiger partial charge >= 0.3 is 0 Å². The van der Waals surface area contributed by atoms with Crippen molar-refractivity contribution in [3.63, 3.8) is 0 Å². The highest BCUT2D eigenvalue weighted by atomic mass is 32.1. The first kappa shape index (κ1) is 20.1. The zero-order chi connectivity index (χ0) is 19.6. The van der Waals surface area contributed by atoms with Crippen LogP contribution in [0.25, 0.3) is 0 Å². The number of hydrogen-bond acceptors (Lipinski definition) is 6. The van der Waals surface area contributed by atoms with E-state index in [2.05, 4.69) is 16.2 Å². The Morgan fingerprint density at radius 1 is 1.11 bits per heavy atom. The van der Waals surface area contributed by atoms with Gasteiger partial charge in [0.25, 0.3) is 11.6 Å². The van der Waals surface area contributed by atoms with E-state index in [1.165, 1.54) is 24.3 Å². The molecular formula is C17H18N4O5S. The number of hydrazine groups is 1. The molecule has 0 aliphatic heterocycles. The zero-order valence-electron chi connectivity index (χ0n) is 14.4. The molecule has 0 heterocycles. The summed E-state index contributed by atoms with van der Waals surface area (Å²) in [5.41, 5.74) is 5.76. The first-order valence-electron chi connectivity index (χ1n) is 7.84. The van der Waals surface area contributed by atoms with Crippen LogP contribution in [-0.4, -0.2) is 36.3 Å². The van der Waals surface area contributed by atoms with E-state index in [0.29, 0.717) is 24.7 Å². The van der Waals surface area contributed by atoms with Crippen LogP contribution in [0.15, 0.2) is 48.5 Å². The number of non-ortho nitro benzene ring substituents is 1. The number of para-hydroxylation sites is 2. The van der Waals surface area contributed by atoms with Crippen LogP contribution >= 0.6 is 12.2 Å². The first-order chi connectivity index (χ1) is 13.0. The van der Waals surface area contributed by atoms with Crippen LogP contribution in [0.5, 0.6) is 5.75 Å². The summed E-state index contributed by atoms with van der Waals surface area (Å²) in [7, 11) is 1.58. The molecule has 0 spiro atoms. The Kier molecular flexibility index (Phi) is 7.47. The van der Waals surface area contributed by atoms with Gasteiger partial charge in [-0.1, -0.05) is 12.1 Å². The number of nitrogens with zero attached hydrogens (tertiary/aromatic N) is 1. The standard InChI is InChI=1S/C17H18N4O5S/c1-25-10-11-26-15-5-3-2-4-14(15)18-17(27)20-19-16(22)12-6-8-13(9-7-12)21(23)24/h2-9H,10-11H2,1H3,(H,19,22)(H2,18,20,27). The van der Waals surface area contributed by atoms with Gasteiger partial charge in [0.1, 0.15) is 12.4 Å². The van der Waals surface area contributed by atoms with Crippen molar-refractivity contribution in [2.24, 2.45) is 0 Å². The number of nitrogens with one attached hydrogen (secondary N) is 3. The van der Waals surface area contributed by atoms with E-state index in [-0.39, 0.29) is 16.4 Å². The van der Waals surface area contributed by atoms with Crippen molar-refractivity contribution in [2.45, 2.75) is 0 Å². The summed E-state index contributed by atoms with van der Waals surface area (Å²) < 4.78 is 10.5. The monoisotopic (exact) mass is 390 g/mol. The normalized spacial score (nSPS) is 9.96. The number of carbonyl (C=O) groups excluding carboxylic acids is 1. The molecule has 0 aromatic heterocycles. The number of anilines is 1. The third-order valence-electron chi connectivity index (χ3n) is 3.31. The molecule has 0 bridgehead atoms. The molecule has 142 valence electrons. The number of thiocarbonyl (C=S) groups is 1. The second-order valence-electron chi connectivity index (χ2n) is 5.17. The SMILES string of the molecule is COCCOc1ccccc1NC(=S)NNC(=O)c1ccc([N+](=O)[O-])cc1. The van der Waals surface area contributed by atoms with E-state index in [1.54, 1.807) is 19.2 Å². The molecule has 2 rings (SSSR count). The Morgan fingerprint density at radius 3 is 2.48 bits per heavy atom. The van der Waals surface area contributed by atoms with Gasteiger partial charge in [-0.2, -0.15) is 0 Å². The molecule has 3 N–H and O–H groups in total. The van der Waals surface area contributed by atoms with Crippen molar-refractivity contribution >= 4 is 34.6 Å². The molecule has 9 nitrogen and oxygen atoms in total. The highest BCUT2D eigenvalue weighted by Gasteiger charge is 2.10. The van der Waals surface area contributed by atoms with Crippen LogP contribution in [0, 0.1) is 10.1 Å². The fourth-order valence-electron chi connectivity index (χ4n) is 2.00. The minimum absolute atomic E-state index is 0.0956. The maximum absolute atomic E-state index is 12.1. The van der Waals surface area contributed by atoms with E-state index >= 15 is 0 Å². The Hall–Kier alpha value is -3.24. The molecule has 0 saturated heterocycles. The minimum Gasteiger partial charge on any atom is -0.489 e. The Balaban J connectivity index is 1.89. The molecule has 2 aromatic rings. The molecule has 0 atom stereocenters. The zero-order valence-corrected chi connectivity index (χ0v) is 15.2. The fourth-order valence-corrected chi connectivity index (χ4v) is 2.17. The van der Waals surface area contributed by atoms with Crippen LogP contribution in [0.1, 0.15) is 10.4 Å². The number of benzene rings is 2. The predicted octanol–water partition coefficient (Wildman–Crippen LogP) is 2.25. The predicted molar refractivity (Wildman–Crippen MR) is 104 cm³/mol. The number of nitro benzene ring substituents is 1. The molecule has 1 amide bonds. The van der Waals surface area contributed by atoms with E-state index in [1.807, 2.05) is 12.1 Å². The van der Waals surface area contributed by atoms with Crippen molar-refractivity contribution in [3.05, 3.63) is 64.2 Å². The first-order valence-corrected chi connectivity index (χ1v) is 8.24. The quantitative estimate of drug-likeness (QED) is 0.285. The van der Waals surface area contributed by atoms with E-state index in [0.717, 1.165) is 0 Å². The van der Waals surface area contributed by atoms with Crippen molar-refractivity contribution in [1.29, 1.82) is 0 Å². The Bertz CT molecular complexity index is 813. The van der Waals surface area contributed by atoms with Gasteiger partial charge in [-0.3, -0.25) is 25.8 Å². The van der Waals surface area contributed by atoms with Crippen molar-refractivity contribution in [1.82, 2.24) is 10.9 Å². The number of ether oxygens (including phenoxy) is 2. The molecular weight excluding hydrogens is 372 g/mol. The van der Waals surface area contributed by atoms with Gasteiger partial charge in [-0.25, -0.2) is 0 Å². The van der Waals surface area contributed by atoms with Crippen molar-refractivity contribution in [2.75, 3.05) is 25.6 Å². The van der Waals surface area contributed by atoms with E-state index < -0.39 is 10.8 Å². The van der Waals surface area contributed by atoms with Gasteiger partial charge in [0.05, 0.1) is 17.2 Å². The summed E-state index contributed by atoms with van der Waals surface area (Å²) in [4.78, 5) is 22.1. The third kappa shape index (κ3) is 6.20. The molecule has 10 heteroatoms. The van der Waals surface area contributed by atoms with Crippen LogP contribution < -0.4 is 20.9 Å². The number of rotatable bonds is 7. The Labute approximate surface area is 160 Å². The molecule has 0 radical (unpaired) electrons. The van der Waals surface area contributed by atoms with E-state index in [9.17, 15) is 14.9 Å². The van der Waals surface area contributed by atoms with Crippen LogP contribution in [-0.2, 0) is 4.74 Å². The maximum Gasteiger partial charge on any atom is 0.269 e. The third-order valence-corrected chi connectivity index (χ3v) is 3.51. The molecule has 0 aliphatic carbocycles. The number of nitro groups is 1. The summed E-state index contributed by atoms with van der Waals surface area (Å²) in [6.45, 7) is 0.828. The van der Waals surface area contributed by atoms with Gasteiger partial charge < -0.3 is 14.8 Å². The lowest BCUT2D eigenvalue weighted by Crippen LogP contribution is -2.43. The molecule has 0 unspecified atom stereocenters. The number of amides is 1. The average Bonchev–Trinajstić information content (AvgIpc) is 2.67. The summed E-state index contributed by atoms with van der Waals surface area (Å²) >= 11 is 5.15. The highest BCUT2D eigenvalue weighted by Crippen LogP contribution is 2.23. The van der Waals surface area contributed by atoms with E-state index in [4.69, 9.17) is 21.7 Å². The largest absolute Gasteiger partial charge is 0.489 e. The average molecular weight is 390 g/mol. The van der Waals surface area contributed by atoms with Gasteiger partial charge in [0.2, 0.25) is 0 Å². The molecule has 0 aliphatic rings. The molecule has 0 saturated carbocycles. The van der Waals surface area contributed by atoms with Gasteiger partial charge in [-0.15, -0.1) is 0 Å². The van der Waals surface area contributed by atoms with Crippen LogP contribution in [0.2, 0.25) is 0 Å². The van der Waals surface area contributed by atoms with Crippen LogP contribution in [0.3, 0.4) is 0 Å². The van der Waals surface area contributed by atoms with Crippen molar-refractivity contribution in [3.8, 4) is 5.75 Å². The van der Waals surface area contributed by atoms with Crippen LogP contribution in [0.4, 0.5) is 11.4 Å². The second kappa shape index (κ2) is 10.0. The van der Waals surface area contributed by atoms with Gasteiger partial charge in [-0.05, 0) is 36.5 Å². The summed E-state index contributed by atoms with van der Waals surface area (Å²) in [6, 6.07) is 12.4. The molecule has 27 heavy (non-hydrogen) atoms. The summed E-state index contributed by atoms with van der Waals surface area (Å²) in [5, 5.41) is 13.7. The van der Waals surface area contributed by atoms with Crippen molar-refractivity contribution < 1.29 is 19.2 Å². The summed E-state index contributed by atoms with van der Waals surface area (Å²) in [6.07, 6.45) is 0. The molecule has 2 aromatic carbocycles. The Morgan fingerprint density at radius 2 is 1.81 bits per heavy atom.